The minimum atomic E-state index is -0.367. The van der Waals surface area contributed by atoms with Crippen LogP contribution in [0.2, 0.25) is 0 Å². The van der Waals surface area contributed by atoms with Gasteiger partial charge in [0.1, 0.15) is 11.5 Å². The first-order chi connectivity index (χ1) is 9.43. The van der Waals surface area contributed by atoms with Crippen LogP contribution in [0.1, 0.15) is 26.7 Å². The zero-order valence-electron chi connectivity index (χ0n) is 12.6. The molecule has 1 atom stereocenters. The van der Waals surface area contributed by atoms with Crippen molar-refractivity contribution in [2.45, 2.75) is 38.5 Å². The number of nitrogens with zero attached hydrogens (tertiary/aromatic N) is 2. The summed E-state index contributed by atoms with van der Waals surface area (Å²) in [4.78, 5) is 24.2. The van der Waals surface area contributed by atoms with Gasteiger partial charge in [0.2, 0.25) is 0 Å². The minimum absolute atomic E-state index is 0.236. The number of nitrogens with one attached hydrogen (secondary N) is 1. The number of rotatable bonds is 7. The number of nitrogens with two attached hydrogens (primary N) is 1. The molecule has 0 radical (unpaired) electrons. The molecule has 0 bridgehead atoms. The molecule has 3 N–H and O–H groups in total. The molecule has 0 aliphatic heterocycles. The summed E-state index contributed by atoms with van der Waals surface area (Å²) < 4.78 is 2.58. The van der Waals surface area contributed by atoms with Crippen LogP contribution in [-0.4, -0.2) is 27.2 Å². The Balaban J connectivity index is 3.19. The molecule has 0 fully saturated rings. The lowest BCUT2D eigenvalue weighted by molar-refractivity contribution is 0.575. The predicted octanol–water partition coefficient (Wildman–Crippen LogP) is 1.09. The van der Waals surface area contributed by atoms with Gasteiger partial charge in [0.25, 0.3) is 5.56 Å². The Kier molecular flexibility index (Phi) is 6.19. The predicted molar refractivity (Wildman–Crippen MR) is 86.7 cm³/mol. The lowest BCUT2D eigenvalue weighted by Gasteiger charge is -2.17. The molecule has 1 rings (SSSR count). The largest absolute Gasteiger partial charge is 0.383 e. The number of hydrogen-bond acceptors (Lipinski definition) is 5. The van der Waals surface area contributed by atoms with Gasteiger partial charge in [-0.15, -0.1) is 0 Å². The Morgan fingerprint density at radius 2 is 2.05 bits per heavy atom. The van der Waals surface area contributed by atoms with Gasteiger partial charge < -0.3 is 11.1 Å². The van der Waals surface area contributed by atoms with Crippen LogP contribution in [0.3, 0.4) is 0 Å². The maximum atomic E-state index is 12.1. The zero-order valence-corrected chi connectivity index (χ0v) is 13.4. The summed E-state index contributed by atoms with van der Waals surface area (Å²) in [6.07, 6.45) is 3.82. The maximum absolute atomic E-state index is 12.1. The van der Waals surface area contributed by atoms with Gasteiger partial charge in [-0.3, -0.25) is 13.9 Å². The average Bonchev–Trinajstić information content (AvgIpc) is 2.44. The highest BCUT2D eigenvalue weighted by atomic mass is 32.2. The van der Waals surface area contributed by atoms with E-state index in [0.717, 1.165) is 17.4 Å². The molecule has 20 heavy (non-hydrogen) atoms. The number of unbranched alkanes of at least 4 members (excludes halogenated alkanes) is 1. The van der Waals surface area contributed by atoms with E-state index in [9.17, 15) is 9.59 Å². The van der Waals surface area contributed by atoms with Gasteiger partial charge in [0, 0.05) is 25.4 Å². The quantitative estimate of drug-likeness (QED) is 0.788. The van der Waals surface area contributed by atoms with Crippen LogP contribution in [0.4, 0.5) is 11.5 Å². The van der Waals surface area contributed by atoms with Gasteiger partial charge in [-0.05, 0) is 12.7 Å². The van der Waals surface area contributed by atoms with Crippen molar-refractivity contribution in [1.29, 1.82) is 0 Å². The van der Waals surface area contributed by atoms with E-state index >= 15 is 0 Å². The molecule has 7 heteroatoms. The third kappa shape index (κ3) is 3.59. The summed E-state index contributed by atoms with van der Waals surface area (Å²) in [6.45, 7) is 5.27. The standard InChI is InChI=1S/C13H24N4O2S/c1-5-6-7-17-11(14)10(15-8-9(2)20-4)12(18)16(3)13(17)19/h9,15H,5-8,14H2,1-4H3. The number of aromatic nitrogens is 2. The molecule has 0 saturated carbocycles. The fourth-order valence-electron chi connectivity index (χ4n) is 1.81. The van der Waals surface area contributed by atoms with Crippen LogP contribution in [0.5, 0.6) is 0 Å². The average molecular weight is 300 g/mol. The van der Waals surface area contributed by atoms with E-state index in [1.807, 2.05) is 13.2 Å². The van der Waals surface area contributed by atoms with Gasteiger partial charge in [-0.25, -0.2) is 4.79 Å². The first-order valence-electron chi connectivity index (χ1n) is 6.80. The number of nitrogen functional groups attached to an aromatic ring is 1. The van der Waals surface area contributed by atoms with E-state index < -0.39 is 0 Å². The topological polar surface area (TPSA) is 82.0 Å². The van der Waals surface area contributed by atoms with Crippen LogP contribution in [0.25, 0.3) is 0 Å². The molecular formula is C13H24N4O2S. The van der Waals surface area contributed by atoms with Gasteiger partial charge in [-0.1, -0.05) is 20.3 Å². The Bertz CT molecular complexity index is 565. The summed E-state index contributed by atoms with van der Waals surface area (Å²) in [5.41, 5.74) is 5.60. The molecule has 0 saturated heterocycles. The van der Waals surface area contributed by atoms with Crippen molar-refractivity contribution in [3.05, 3.63) is 20.8 Å². The molecule has 114 valence electrons. The third-order valence-electron chi connectivity index (χ3n) is 3.29. The van der Waals surface area contributed by atoms with Crippen LogP contribution in [-0.2, 0) is 13.6 Å². The van der Waals surface area contributed by atoms with Crippen LogP contribution in [0, 0.1) is 0 Å². The van der Waals surface area contributed by atoms with Crippen molar-refractivity contribution in [2.24, 2.45) is 7.05 Å². The van der Waals surface area contributed by atoms with Gasteiger partial charge in [0.15, 0.2) is 0 Å². The molecule has 1 aromatic rings. The highest BCUT2D eigenvalue weighted by molar-refractivity contribution is 7.99. The van der Waals surface area contributed by atoms with Crippen LogP contribution < -0.4 is 22.3 Å². The molecule has 1 heterocycles. The number of hydrogen-bond donors (Lipinski definition) is 2. The Hall–Kier alpha value is -1.37. The van der Waals surface area contributed by atoms with E-state index in [1.54, 1.807) is 11.8 Å². The summed E-state index contributed by atoms with van der Waals surface area (Å²) in [5, 5.41) is 3.43. The molecule has 6 nitrogen and oxygen atoms in total. The van der Waals surface area contributed by atoms with Crippen molar-refractivity contribution in [3.8, 4) is 0 Å². The SMILES string of the molecule is CCCCn1c(N)c(NCC(C)SC)c(=O)n(C)c1=O. The van der Waals surface area contributed by atoms with Crippen molar-refractivity contribution < 1.29 is 0 Å². The summed E-state index contributed by atoms with van der Waals surface area (Å²) in [7, 11) is 1.48. The molecule has 0 aliphatic carbocycles. The highest BCUT2D eigenvalue weighted by Gasteiger charge is 2.15. The second kappa shape index (κ2) is 7.42. The molecule has 0 aromatic carbocycles. The second-order valence-corrected chi connectivity index (χ2v) is 6.12. The molecule has 1 aromatic heterocycles. The van der Waals surface area contributed by atoms with Gasteiger partial charge in [-0.2, -0.15) is 11.8 Å². The zero-order chi connectivity index (χ0) is 15.3. The summed E-state index contributed by atoms with van der Waals surface area (Å²) in [5.74, 6) is 0.236. The van der Waals surface area contributed by atoms with Crippen molar-refractivity contribution in [1.82, 2.24) is 9.13 Å². The van der Waals surface area contributed by atoms with Crippen LogP contribution >= 0.6 is 11.8 Å². The minimum Gasteiger partial charge on any atom is -0.383 e. The summed E-state index contributed by atoms with van der Waals surface area (Å²) >= 11 is 1.70. The Labute approximate surface area is 123 Å². The monoisotopic (exact) mass is 300 g/mol. The lowest BCUT2D eigenvalue weighted by atomic mass is 10.3. The van der Waals surface area contributed by atoms with Crippen molar-refractivity contribution >= 4 is 23.3 Å². The van der Waals surface area contributed by atoms with E-state index in [4.69, 9.17) is 5.73 Å². The number of anilines is 2. The van der Waals surface area contributed by atoms with Gasteiger partial charge >= 0.3 is 5.69 Å². The summed E-state index contributed by atoms with van der Waals surface area (Å²) in [6, 6.07) is 0. The van der Waals surface area contributed by atoms with E-state index in [0.29, 0.717) is 24.0 Å². The lowest BCUT2D eigenvalue weighted by Crippen LogP contribution is -2.41. The fourth-order valence-corrected chi connectivity index (χ4v) is 2.06. The van der Waals surface area contributed by atoms with Crippen molar-refractivity contribution in [2.75, 3.05) is 23.9 Å². The molecular weight excluding hydrogens is 276 g/mol. The Morgan fingerprint density at radius 3 is 2.60 bits per heavy atom. The van der Waals surface area contributed by atoms with Gasteiger partial charge in [0.05, 0.1) is 0 Å². The van der Waals surface area contributed by atoms with E-state index in [1.165, 1.54) is 11.6 Å². The molecule has 1 unspecified atom stereocenters. The molecule has 0 aliphatic rings. The third-order valence-corrected chi connectivity index (χ3v) is 4.26. The first-order valence-corrected chi connectivity index (χ1v) is 8.08. The highest BCUT2D eigenvalue weighted by Crippen LogP contribution is 2.13. The molecule has 0 spiro atoms. The normalized spacial score (nSPS) is 12.4. The fraction of sp³-hybridized carbons (Fsp3) is 0.692. The van der Waals surface area contributed by atoms with Crippen molar-refractivity contribution in [3.63, 3.8) is 0 Å². The van der Waals surface area contributed by atoms with E-state index in [2.05, 4.69) is 12.2 Å². The number of thioether (sulfide) groups is 1. The molecule has 0 amide bonds. The second-order valence-electron chi connectivity index (χ2n) is 4.84. The van der Waals surface area contributed by atoms with Crippen LogP contribution in [0.15, 0.2) is 9.59 Å². The Morgan fingerprint density at radius 1 is 1.40 bits per heavy atom. The first kappa shape index (κ1) is 16.7. The van der Waals surface area contributed by atoms with E-state index in [-0.39, 0.29) is 17.1 Å². The smallest absolute Gasteiger partial charge is 0.332 e. The maximum Gasteiger partial charge on any atom is 0.332 e.